The van der Waals surface area contributed by atoms with E-state index >= 15 is 0 Å². The predicted octanol–water partition coefficient (Wildman–Crippen LogP) is -1.24. The largest absolute Gasteiger partial charge is 0.481 e. The zero-order chi connectivity index (χ0) is 13.1. The van der Waals surface area contributed by atoms with Crippen LogP contribution in [0.4, 0.5) is 0 Å². The number of aromatic nitrogens is 4. The number of carbonyl (C=O) groups is 2. The van der Waals surface area contributed by atoms with Crippen molar-refractivity contribution in [3.8, 4) is 0 Å². The normalized spacial score (nSPS) is 22.9. The fourth-order valence-electron chi connectivity index (χ4n) is 2.00. The van der Waals surface area contributed by atoms with E-state index < -0.39 is 23.8 Å². The highest BCUT2D eigenvalue weighted by molar-refractivity contribution is 5.90. The molecule has 0 radical (unpaired) electrons. The Morgan fingerprint density at radius 3 is 2.89 bits per heavy atom. The number of hydrogen-bond acceptors (Lipinski definition) is 6. The van der Waals surface area contributed by atoms with Crippen LogP contribution in [0, 0.1) is 5.92 Å². The van der Waals surface area contributed by atoms with E-state index in [1.54, 1.807) is 6.92 Å². The fourth-order valence-corrected chi connectivity index (χ4v) is 2.00. The summed E-state index contributed by atoms with van der Waals surface area (Å²) in [5, 5.41) is 21.8. The number of ether oxygens (including phenoxy) is 1. The molecule has 0 bridgehead atoms. The number of rotatable bonds is 4. The minimum atomic E-state index is -0.975. The second-order valence-electron chi connectivity index (χ2n) is 3.88. The van der Waals surface area contributed by atoms with Crippen LogP contribution in [-0.4, -0.2) is 68.3 Å². The molecule has 0 aliphatic carbocycles. The van der Waals surface area contributed by atoms with Gasteiger partial charge in [0.05, 0.1) is 19.3 Å². The molecular weight excluding hydrogens is 242 g/mol. The monoisotopic (exact) mass is 255 g/mol. The van der Waals surface area contributed by atoms with Gasteiger partial charge in [0.25, 0.3) is 11.7 Å². The Labute approximate surface area is 102 Å². The first kappa shape index (κ1) is 12.4. The second kappa shape index (κ2) is 5.08. The quantitative estimate of drug-likeness (QED) is 0.690. The number of amides is 1. The molecule has 9 heteroatoms. The number of H-pyrrole nitrogens is 1. The van der Waals surface area contributed by atoms with Gasteiger partial charge < -0.3 is 14.7 Å². The maximum absolute atomic E-state index is 12.1. The van der Waals surface area contributed by atoms with Crippen molar-refractivity contribution >= 4 is 11.9 Å². The highest BCUT2D eigenvalue weighted by Gasteiger charge is 2.40. The average Bonchev–Trinajstić information content (AvgIpc) is 3.00. The van der Waals surface area contributed by atoms with Crippen molar-refractivity contribution in [1.29, 1.82) is 0 Å². The van der Waals surface area contributed by atoms with E-state index in [4.69, 9.17) is 9.84 Å². The molecule has 1 aliphatic rings. The van der Waals surface area contributed by atoms with Crippen LogP contribution in [0.25, 0.3) is 0 Å². The summed E-state index contributed by atoms with van der Waals surface area (Å²) in [6.45, 7) is 2.42. The number of nitrogens with zero attached hydrogens (tertiary/aromatic N) is 4. The van der Waals surface area contributed by atoms with E-state index in [1.165, 1.54) is 4.90 Å². The van der Waals surface area contributed by atoms with Gasteiger partial charge in [-0.25, -0.2) is 0 Å². The molecular formula is C9H13N5O4. The van der Waals surface area contributed by atoms with Gasteiger partial charge in [-0.15, -0.1) is 10.2 Å². The number of carbonyl (C=O) groups excluding carboxylic acids is 1. The maximum Gasteiger partial charge on any atom is 0.311 e. The zero-order valence-electron chi connectivity index (χ0n) is 9.74. The lowest BCUT2D eigenvalue weighted by Gasteiger charge is -2.27. The molecule has 2 heterocycles. The Hall–Kier alpha value is -2.03. The molecule has 0 saturated carbocycles. The third-order valence-corrected chi connectivity index (χ3v) is 2.91. The summed E-state index contributed by atoms with van der Waals surface area (Å²) in [6.07, 6.45) is 0. The maximum atomic E-state index is 12.1. The van der Waals surface area contributed by atoms with Gasteiger partial charge >= 0.3 is 5.97 Å². The number of tetrazole rings is 1. The van der Waals surface area contributed by atoms with E-state index in [9.17, 15) is 9.59 Å². The van der Waals surface area contributed by atoms with Crippen molar-refractivity contribution in [2.75, 3.05) is 19.8 Å². The predicted molar refractivity (Wildman–Crippen MR) is 56.6 cm³/mol. The number of hydrogen-bond donors (Lipinski definition) is 2. The average molecular weight is 255 g/mol. The molecule has 98 valence electrons. The van der Waals surface area contributed by atoms with Gasteiger partial charge in [0.1, 0.15) is 5.92 Å². The Balaban J connectivity index is 2.18. The number of aromatic amines is 1. The van der Waals surface area contributed by atoms with Crippen molar-refractivity contribution in [3.63, 3.8) is 0 Å². The van der Waals surface area contributed by atoms with Crippen LogP contribution in [0.15, 0.2) is 0 Å². The van der Waals surface area contributed by atoms with E-state index in [2.05, 4.69) is 20.6 Å². The van der Waals surface area contributed by atoms with Gasteiger partial charge in [-0.1, -0.05) is 0 Å². The molecule has 9 nitrogen and oxygen atoms in total. The van der Waals surface area contributed by atoms with Crippen molar-refractivity contribution in [1.82, 2.24) is 25.5 Å². The number of nitrogens with one attached hydrogen (secondary N) is 1. The third kappa shape index (κ3) is 2.16. The Morgan fingerprint density at radius 1 is 1.56 bits per heavy atom. The summed E-state index contributed by atoms with van der Waals surface area (Å²) in [7, 11) is 0. The molecule has 1 fully saturated rings. The zero-order valence-corrected chi connectivity index (χ0v) is 9.74. The van der Waals surface area contributed by atoms with E-state index in [0.29, 0.717) is 6.54 Å². The van der Waals surface area contributed by atoms with Gasteiger partial charge in [-0.2, -0.15) is 5.21 Å². The molecule has 2 rings (SSSR count). The number of aliphatic carboxylic acids is 1. The lowest BCUT2D eigenvalue weighted by Crippen LogP contribution is -2.46. The summed E-state index contributed by atoms with van der Waals surface area (Å²) in [6, 6.07) is -0.501. The van der Waals surface area contributed by atoms with Crippen molar-refractivity contribution in [2.24, 2.45) is 5.92 Å². The first-order chi connectivity index (χ1) is 8.65. The Morgan fingerprint density at radius 2 is 2.33 bits per heavy atom. The van der Waals surface area contributed by atoms with E-state index in [0.717, 1.165) is 0 Å². The molecule has 1 aliphatic heterocycles. The van der Waals surface area contributed by atoms with Gasteiger partial charge in [0, 0.05) is 6.54 Å². The molecule has 1 aromatic rings. The van der Waals surface area contributed by atoms with Crippen LogP contribution < -0.4 is 0 Å². The summed E-state index contributed by atoms with van der Waals surface area (Å²) >= 11 is 0. The standard InChI is InChI=1S/C9H13N5O4/c1-2-14(8(15)7-10-12-13-11-7)6-4-18-3-5(6)9(16)17/h5-6H,2-4H2,1H3,(H,16,17)(H,10,11,12,13). The minimum absolute atomic E-state index is 0.0760. The van der Waals surface area contributed by atoms with E-state index in [-0.39, 0.29) is 19.0 Å². The Bertz CT molecular complexity index is 434. The molecule has 2 unspecified atom stereocenters. The Kier molecular flexibility index (Phi) is 3.51. The van der Waals surface area contributed by atoms with Crippen molar-refractivity contribution in [3.05, 3.63) is 5.82 Å². The first-order valence-electron chi connectivity index (χ1n) is 5.50. The molecule has 0 spiro atoms. The van der Waals surface area contributed by atoms with Crippen LogP contribution in [-0.2, 0) is 9.53 Å². The number of carboxylic acids is 1. The SMILES string of the molecule is CCN(C(=O)c1nn[nH]n1)C1COCC1C(=O)O. The molecule has 2 N–H and O–H groups in total. The van der Waals surface area contributed by atoms with Gasteiger partial charge in [0.15, 0.2) is 0 Å². The minimum Gasteiger partial charge on any atom is -0.481 e. The van der Waals surface area contributed by atoms with Crippen LogP contribution in [0.3, 0.4) is 0 Å². The van der Waals surface area contributed by atoms with Crippen LogP contribution in [0.5, 0.6) is 0 Å². The van der Waals surface area contributed by atoms with Crippen LogP contribution in [0.1, 0.15) is 17.5 Å². The highest BCUT2D eigenvalue weighted by Crippen LogP contribution is 2.21. The van der Waals surface area contributed by atoms with E-state index in [1.807, 2.05) is 0 Å². The van der Waals surface area contributed by atoms with Crippen LogP contribution in [0.2, 0.25) is 0 Å². The van der Waals surface area contributed by atoms with Crippen molar-refractivity contribution in [2.45, 2.75) is 13.0 Å². The molecule has 0 aromatic carbocycles. The summed E-state index contributed by atoms with van der Waals surface area (Å²) in [4.78, 5) is 24.6. The molecule has 2 atom stereocenters. The topological polar surface area (TPSA) is 121 Å². The smallest absolute Gasteiger partial charge is 0.311 e. The number of carboxylic acid groups (broad SMARTS) is 1. The van der Waals surface area contributed by atoms with Gasteiger partial charge in [-0.05, 0) is 12.1 Å². The third-order valence-electron chi connectivity index (χ3n) is 2.91. The fraction of sp³-hybridized carbons (Fsp3) is 0.667. The summed E-state index contributed by atoms with van der Waals surface area (Å²) in [5.41, 5.74) is 0. The second-order valence-corrected chi connectivity index (χ2v) is 3.88. The number of likely N-dealkylation sites (N-methyl/N-ethyl adjacent to an activating group) is 1. The molecule has 18 heavy (non-hydrogen) atoms. The summed E-state index contributed by atoms with van der Waals surface area (Å²) < 4.78 is 5.14. The molecule has 1 aromatic heterocycles. The molecule has 1 amide bonds. The lowest BCUT2D eigenvalue weighted by molar-refractivity contribution is -0.142. The molecule has 1 saturated heterocycles. The lowest BCUT2D eigenvalue weighted by atomic mass is 10.0. The van der Waals surface area contributed by atoms with Gasteiger partial charge in [0.2, 0.25) is 0 Å². The van der Waals surface area contributed by atoms with Gasteiger partial charge in [-0.3, -0.25) is 9.59 Å². The van der Waals surface area contributed by atoms with Crippen molar-refractivity contribution < 1.29 is 19.4 Å². The highest BCUT2D eigenvalue weighted by atomic mass is 16.5. The van der Waals surface area contributed by atoms with Crippen LogP contribution >= 0.6 is 0 Å². The first-order valence-corrected chi connectivity index (χ1v) is 5.50. The summed E-state index contributed by atoms with van der Waals surface area (Å²) in [5.74, 6) is -2.22.